The maximum Gasteiger partial charge on any atom is 0.0468 e. The van der Waals surface area contributed by atoms with E-state index in [4.69, 9.17) is 10.5 Å². The summed E-state index contributed by atoms with van der Waals surface area (Å²) in [7, 11) is 0. The molecule has 0 bridgehead atoms. The molecule has 78 valence electrons. The summed E-state index contributed by atoms with van der Waals surface area (Å²) < 4.78 is 5.35. The van der Waals surface area contributed by atoms with Crippen molar-refractivity contribution in [2.24, 2.45) is 17.1 Å². The van der Waals surface area contributed by atoms with Crippen molar-refractivity contribution in [1.82, 2.24) is 0 Å². The average Bonchev–Trinajstić information content (AvgIpc) is 2.19. The minimum Gasteiger partial charge on any atom is -0.381 e. The lowest BCUT2D eigenvalue weighted by Gasteiger charge is -2.33. The SMILES string of the molecule is CCC(C)(CN)CC1CCOCC1. The van der Waals surface area contributed by atoms with Gasteiger partial charge in [-0.2, -0.15) is 0 Å². The van der Waals surface area contributed by atoms with Crippen LogP contribution in [-0.4, -0.2) is 19.8 Å². The number of rotatable bonds is 4. The molecule has 1 aliphatic heterocycles. The van der Waals surface area contributed by atoms with Crippen LogP contribution < -0.4 is 5.73 Å². The van der Waals surface area contributed by atoms with E-state index in [2.05, 4.69) is 13.8 Å². The van der Waals surface area contributed by atoms with Crippen LogP contribution in [0.3, 0.4) is 0 Å². The summed E-state index contributed by atoms with van der Waals surface area (Å²) in [5.74, 6) is 0.849. The summed E-state index contributed by atoms with van der Waals surface area (Å²) in [6.07, 6.45) is 4.94. The Labute approximate surface area is 81.8 Å². The molecule has 0 aromatic carbocycles. The molecule has 1 saturated heterocycles. The van der Waals surface area contributed by atoms with Gasteiger partial charge in [-0.25, -0.2) is 0 Å². The van der Waals surface area contributed by atoms with Crippen molar-refractivity contribution in [2.75, 3.05) is 19.8 Å². The number of hydrogen-bond donors (Lipinski definition) is 1. The second-order valence-corrected chi connectivity index (χ2v) is 4.63. The smallest absolute Gasteiger partial charge is 0.0468 e. The van der Waals surface area contributed by atoms with Crippen molar-refractivity contribution in [3.8, 4) is 0 Å². The van der Waals surface area contributed by atoms with Crippen LogP contribution in [0.15, 0.2) is 0 Å². The summed E-state index contributed by atoms with van der Waals surface area (Å²) in [4.78, 5) is 0. The fourth-order valence-electron chi connectivity index (χ4n) is 2.02. The Bertz CT molecular complexity index is 137. The normalized spacial score (nSPS) is 24.2. The Kier molecular flexibility index (Phi) is 4.20. The zero-order valence-corrected chi connectivity index (χ0v) is 9.01. The van der Waals surface area contributed by atoms with Crippen LogP contribution in [-0.2, 0) is 4.74 Å². The number of hydrogen-bond acceptors (Lipinski definition) is 2. The Morgan fingerprint density at radius 1 is 1.38 bits per heavy atom. The van der Waals surface area contributed by atoms with Gasteiger partial charge >= 0.3 is 0 Å². The molecule has 1 fully saturated rings. The highest BCUT2D eigenvalue weighted by Gasteiger charge is 2.26. The molecule has 1 heterocycles. The fraction of sp³-hybridized carbons (Fsp3) is 1.00. The molecule has 1 atom stereocenters. The lowest BCUT2D eigenvalue weighted by Crippen LogP contribution is -2.31. The van der Waals surface area contributed by atoms with Crippen molar-refractivity contribution in [2.45, 2.75) is 39.5 Å². The van der Waals surface area contributed by atoms with E-state index in [0.29, 0.717) is 5.41 Å². The molecule has 2 heteroatoms. The van der Waals surface area contributed by atoms with Crippen LogP contribution >= 0.6 is 0 Å². The van der Waals surface area contributed by atoms with Gasteiger partial charge in [0.05, 0.1) is 0 Å². The van der Waals surface area contributed by atoms with Crippen molar-refractivity contribution in [1.29, 1.82) is 0 Å². The molecule has 13 heavy (non-hydrogen) atoms. The summed E-state index contributed by atoms with van der Waals surface area (Å²) in [6, 6.07) is 0. The highest BCUT2D eigenvalue weighted by Crippen LogP contribution is 2.32. The van der Waals surface area contributed by atoms with Crippen molar-refractivity contribution in [3.63, 3.8) is 0 Å². The average molecular weight is 185 g/mol. The van der Waals surface area contributed by atoms with E-state index >= 15 is 0 Å². The number of nitrogens with two attached hydrogens (primary N) is 1. The summed E-state index contributed by atoms with van der Waals surface area (Å²) >= 11 is 0. The molecule has 0 amide bonds. The first-order chi connectivity index (χ1) is 6.20. The van der Waals surface area contributed by atoms with E-state index in [1.54, 1.807) is 0 Å². The standard InChI is InChI=1S/C11H23NO/c1-3-11(2,9-12)8-10-4-6-13-7-5-10/h10H,3-9,12H2,1-2H3. The lowest BCUT2D eigenvalue weighted by atomic mass is 9.76. The van der Waals surface area contributed by atoms with E-state index in [1.807, 2.05) is 0 Å². The van der Waals surface area contributed by atoms with Gasteiger partial charge in [0.2, 0.25) is 0 Å². The van der Waals surface area contributed by atoms with Crippen LogP contribution in [0, 0.1) is 11.3 Å². The molecule has 0 aromatic rings. The molecular weight excluding hydrogens is 162 g/mol. The molecule has 0 aliphatic carbocycles. The van der Waals surface area contributed by atoms with Crippen molar-refractivity contribution >= 4 is 0 Å². The first-order valence-corrected chi connectivity index (χ1v) is 5.48. The summed E-state index contributed by atoms with van der Waals surface area (Å²) in [6.45, 7) is 7.28. The van der Waals surface area contributed by atoms with Gasteiger partial charge in [0.25, 0.3) is 0 Å². The van der Waals surface area contributed by atoms with Crippen molar-refractivity contribution in [3.05, 3.63) is 0 Å². The molecule has 0 saturated carbocycles. The van der Waals surface area contributed by atoms with E-state index in [-0.39, 0.29) is 0 Å². The van der Waals surface area contributed by atoms with Gasteiger partial charge in [-0.15, -0.1) is 0 Å². The topological polar surface area (TPSA) is 35.2 Å². The minimum absolute atomic E-state index is 0.363. The molecule has 0 spiro atoms. The highest BCUT2D eigenvalue weighted by molar-refractivity contribution is 4.78. The predicted molar refractivity (Wildman–Crippen MR) is 55.6 cm³/mol. The minimum atomic E-state index is 0.363. The van der Waals surface area contributed by atoms with Crippen LogP contribution in [0.2, 0.25) is 0 Å². The monoisotopic (exact) mass is 185 g/mol. The summed E-state index contributed by atoms with van der Waals surface area (Å²) in [5.41, 5.74) is 6.17. The van der Waals surface area contributed by atoms with Crippen LogP contribution in [0.4, 0.5) is 0 Å². The van der Waals surface area contributed by atoms with Crippen LogP contribution in [0.1, 0.15) is 39.5 Å². The molecule has 2 nitrogen and oxygen atoms in total. The lowest BCUT2D eigenvalue weighted by molar-refractivity contribution is 0.0494. The van der Waals surface area contributed by atoms with E-state index in [0.717, 1.165) is 25.7 Å². The molecule has 1 aliphatic rings. The van der Waals surface area contributed by atoms with Gasteiger partial charge in [-0.05, 0) is 43.6 Å². The highest BCUT2D eigenvalue weighted by atomic mass is 16.5. The second-order valence-electron chi connectivity index (χ2n) is 4.63. The maximum atomic E-state index is 5.80. The quantitative estimate of drug-likeness (QED) is 0.728. The van der Waals surface area contributed by atoms with Crippen molar-refractivity contribution < 1.29 is 4.74 Å². The fourth-order valence-corrected chi connectivity index (χ4v) is 2.02. The zero-order chi connectivity index (χ0) is 9.73. The van der Waals surface area contributed by atoms with Crippen LogP contribution in [0.5, 0.6) is 0 Å². The predicted octanol–water partition coefficient (Wildman–Crippen LogP) is 2.18. The molecular formula is C11H23NO. The third kappa shape index (κ3) is 3.28. The van der Waals surface area contributed by atoms with Gasteiger partial charge in [-0.1, -0.05) is 13.8 Å². The molecule has 1 rings (SSSR count). The van der Waals surface area contributed by atoms with Gasteiger partial charge in [0.1, 0.15) is 0 Å². The first kappa shape index (κ1) is 11.0. The third-order valence-corrected chi connectivity index (χ3v) is 3.47. The third-order valence-electron chi connectivity index (χ3n) is 3.47. The largest absolute Gasteiger partial charge is 0.381 e. The molecule has 2 N–H and O–H groups in total. The molecule has 0 aromatic heterocycles. The van der Waals surface area contributed by atoms with Gasteiger partial charge in [-0.3, -0.25) is 0 Å². The van der Waals surface area contributed by atoms with Gasteiger partial charge < -0.3 is 10.5 Å². The maximum absolute atomic E-state index is 5.80. The number of ether oxygens (including phenoxy) is 1. The molecule has 0 radical (unpaired) electrons. The van der Waals surface area contributed by atoms with Gasteiger partial charge in [0.15, 0.2) is 0 Å². The van der Waals surface area contributed by atoms with Gasteiger partial charge in [0, 0.05) is 13.2 Å². The summed E-state index contributed by atoms with van der Waals surface area (Å²) in [5, 5.41) is 0. The Morgan fingerprint density at radius 2 is 2.00 bits per heavy atom. The zero-order valence-electron chi connectivity index (χ0n) is 9.01. The van der Waals surface area contributed by atoms with E-state index in [9.17, 15) is 0 Å². The molecule has 1 unspecified atom stereocenters. The Balaban J connectivity index is 2.35. The van der Waals surface area contributed by atoms with Crippen LogP contribution in [0.25, 0.3) is 0 Å². The Morgan fingerprint density at radius 3 is 2.46 bits per heavy atom. The van der Waals surface area contributed by atoms with E-state index < -0.39 is 0 Å². The van der Waals surface area contributed by atoms with E-state index in [1.165, 1.54) is 25.7 Å². The second kappa shape index (κ2) is 4.97. The first-order valence-electron chi connectivity index (χ1n) is 5.48. The Hall–Kier alpha value is -0.0800.